The molecule has 5 aromatic rings. The minimum atomic E-state index is 0.105. The lowest BCUT2D eigenvalue weighted by Crippen LogP contribution is -2.30. The first-order valence-corrected chi connectivity index (χ1v) is 20.9. The highest BCUT2D eigenvalue weighted by Crippen LogP contribution is 2.59. The van der Waals surface area contributed by atoms with Gasteiger partial charge >= 0.3 is 0 Å². The Balaban J connectivity index is 0.898. The van der Waals surface area contributed by atoms with Gasteiger partial charge in [0.15, 0.2) is 0 Å². The summed E-state index contributed by atoms with van der Waals surface area (Å²) in [5, 5.41) is 1.46. The average molecular weight is 719 g/mol. The highest BCUT2D eigenvalue weighted by atomic mass is 32.1. The Morgan fingerprint density at radius 3 is 2.54 bits per heavy atom. The number of fused-ring (bicyclic) bond motifs is 10. The molecule has 0 bridgehead atoms. The van der Waals surface area contributed by atoms with Crippen molar-refractivity contribution in [3.8, 4) is 0 Å². The zero-order valence-corrected chi connectivity index (χ0v) is 32.1. The van der Waals surface area contributed by atoms with Crippen LogP contribution in [-0.4, -0.2) is 6.04 Å². The molecule has 4 aromatic carbocycles. The molecule has 11 rings (SSSR count). The van der Waals surface area contributed by atoms with E-state index in [0.29, 0.717) is 17.9 Å². The molecule has 0 spiro atoms. The average Bonchev–Trinajstić information content (AvgIpc) is 3.83. The van der Waals surface area contributed by atoms with Gasteiger partial charge in [-0.3, -0.25) is 0 Å². The molecule has 266 valence electrons. The van der Waals surface area contributed by atoms with Gasteiger partial charge in [0.05, 0.1) is 6.04 Å². The van der Waals surface area contributed by atoms with E-state index in [-0.39, 0.29) is 5.41 Å². The second-order valence-electron chi connectivity index (χ2n) is 16.5. The third-order valence-electron chi connectivity index (χ3n) is 13.2. The quantitative estimate of drug-likeness (QED) is 0.167. The van der Waals surface area contributed by atoms with Gasteiger partial charge in [-0.15, -0.1) is 11.3 Å². The van der Waals surface area contributed by atoms with Gasteiger partial charge in [0.1, 0.15) is 0 Å². The van der Waals surface area contributed by atoms with E-state index >= 15 is 0 Å². The first kappa shape index (κ1) is 32.3. The molecular formula is C51H46N2S. The Kier molecular flexibility index (Phi) is 7.46. The summed E-state index contributed by atoms with van der Waals surface area (Å²) in [4.78, 5) is 6.62. The number of benzene rings is 4. The number of anilines is 3. The monoisotopic (exact) mass is 718 g/mol. The van der Waals surface area contributed by atoms with Crippen LogP contribution in [0.2, 0.25) is 0 Å². The fourth-order valence-corrected chi connectivity index (χ4v) is 12.2. The van der Waals surface area contributed by atoms with E-state index in [1.807, 2.05) is 0 Å². The van der Waals surface area contributed by atoms with Gasteiger partial charge in [-0.05, 0) is 115 Å². The van der Waals surface area contributed by atoms with Crippen LogP contribution in [0.15, 0.2) is 150 Å². The van der Waals surface area contributed by atoms with Crippen LogP contribution in [0.5, 0.6) is 0 Å². The molecule has 0 unspecified atom stereocenters. The highest BCUT2D eigenvalue weighted by molar-refractivity contribution is 7.19. The minimum Gasteiger partial charge on any atom is -0.333 e. The van der Waals surface area contributed by atoms with Crippen LogP contribution in [0.1, 0.15) is 96.9 Å². The SMILES string of the molecule is CC1(C)C2=CCCC[C@@H]2c2ccc3c4c(sc3c21)C[C@@H]1C(=C4)c2ccccc2N1c1ccc([C@H]2C=CC(N(C3=CC=CCC3)c3ccccc3)=CC2)cc1. The standard InChI is InChI=1S/C51H46N2S/c1-51(2)45-19-11-9-17-39(45)41-29-30-42-44-31-43-40-18-10-12-20-46(40)53(47(43)32-48(44)54-50(42)49(41)51)38-27-23-34(24-28-38)33-21-25-37(26-22-33)52(35-13-5-3-6-14-35)36-15-7-4-8-16-36/h3-7,10,12-15,18-21,23-31,33,39,47H,8-9,11,16-17,22,32H2,1-2H3/t33-,39+,47+/m0/s1. The molecule has 3 heteroatoms. The van der Waals surface area contributed by atoms with E-state index in [9.17, 15) is 0 Å². The molecular weight excluding hydrogens is 673 g/mol. The van der Waals surface area contributed by atoms with E-state index in [1.165, 1.54) is 80.1 Å². The van der Waals surface area contributed by atoms with Crippen molar-refractivity contribution in [3.05, 3.63) is 183 Å². The van der Waals surface area contributed by atoms with E-state index in [1.54, 1.807) is 21.6 Å². The fraction of sp³-hybridized carbons (Fsp3) is 0.255. The predicted octanol–water partition coefficient (Wildman–Crippen LogP) is 13.7. The van der Waals surface area contributed by atoms with Crippen LogP contribution in [0.4, 0.5) is 17.1 Å². The number of hydrogen-bond donors (Lipinski definition) is 0. The Hall–Kier alpha value is -5.12. The van der Waals surface area contributed by atoms with Crippen molar-refractivity contribution in [3.63, 3.8) is 0 Å². The van der Waals surface area contributed by atoms with Crippen molar-refractivity contribution in [2.45, 2.75) is 82.1 Å². The second-order valence-corrected chi connectivity index (χ2v) is 17.6. The van der Waals surface area contributed by atoms with Crippen molar-refractivity contribution >= 4 is 50.1 Å². The molecule has 6 aliphatic rings. The minimum absolute atomic E-state index is 0.105. The molecule has 1 aromatic heterocycles. The van der Waals surface area contributed by atoms with E-state index in [4.69, 9.17) is 0 Å². The summed E-state index contributed by atoms with van der Waals surface area (Å²) >= 11 is 2.09. The number of allylic oxidation sites excluding steroid dienone is 9. The smallest absolute Gasteiger partial charge is 0.0647 e. The van der Waals surface area contributed by atoms with Crippen molar-refractivity contribution in [1.82, 2.24) is 0 Å². The normalized spacial score (nSPS) is 23.1. The van der Waals surface area contributed by atoms with Crippen molar-refractivity contribution in [2.24, 2.45) is 0 Å². The maximum atomic E-state index is 2.63. The molecule has 2 heterocycles. The second kappa shape index (κ2) is 12.5. The fourth-order valence-electron chi connectivity index (χ4n) is 10.7. The molecule has 0 fully saturated rings. The Bertz CT molecular complexity index is 2520. The van der Waals surface area contributed by atoms with Crippen LogP contribution in [-0.2, 0) is 11.8 Å². The van der Waals surface area contributed by atoms with E-state index in [2.05, 4.69) is 175 Å². The van der Waals surface area contributed by atoms with Gasteiger partial charge in [-0.2, -0.15) is 0 Å². The number of rotatable bonds is 5. The maximum Gasteiger partial charge on any atom is 0.0647 e. The highest BCUT2D eigenvalue weighted by Gasteiger charge is 2.45. The first-order chi connectivity index (χ1) is 26.5. The van der Waals surface area contributed by atoms with Crippen LogP contribution in [0.3, 0.4) is 0 Å². The van der Waals surface area contributed by atoms with Crippen LogP contribution < -0.4 is 9.80 Å². The summed E-state index contributed by atoms with van der Waals surface area (Å²) < 4.78 is 1.54. The van der Waals surface area contributed by atoms with Gasteiger partial charge in [0.2, 0.25) is 0 Å². The molecule has 54 heavy (non-hydrogen) atoms. The van der Waals surface area contributed by atoms with Crippen molar-refractivity contribution < 1.29 is 0 Å². The first-order valence-electron chi connectivity index (χ1n) is 20.1. The van der Waals surface area contributed by atoms with Gasteiger partial charge < -0.3 is 9.80 Å². The number of para-hydroxylation sites is 2. The third-order valence-corrected chi connectivity index (χ3v) is 14.5. The number of nitrogens with zero attached hydrogens (tertiary/aromatic N) is 2. The molecule has 0 amide bonds. The van der Waals surface area contributed by atoms with Crippen LogP contribution >= 0.6 is 11.3 Å². The molecule has 0 saturated carbocycles. The van der Waals surface area contributed by atoms with Crippen LogP contribution in [0, 0.1) is 0 Å². The summed E-state index contributed by atoms with van der Waals surface area (Å²) in [6.45, 7) is 4.97. The van der Waals surface area contributed by atoms with E-state index in [0.717, 1.165) is 25.7 Å². The van der Waals surface area contributed by atoms with Crippen LogP contribution in [0.25, 0.3) is 21.7 Å². The third kappa shape index (κ3) is 4.90. The molecule has 0 saturated heterocycles. The predicted molar refractivity (Wildman–Crippen MR) is 230 cm³/mol. The zero-order valence-electron chi connectivity index (χ0n) is 31.3. The molecule has 2 nitrogen and oxygen atoms in total. The summed E-state index contributed by atoms with van der Waals surface area (Å²) in [5.41, 5.74) is 17.2. The summed E-state index contributed by atoms with van der Waals surface area (Å²) in [6, 6.07) is 34.7. The van der Waals surface area contributed by atoms with E-state index < -0.39 is 0 Å². The van der Waals surface area contributed by atoms with Gasteiger partial charge in [-0.1, -0.05) is 110 Å². The maximum absolute atomic E-state index is 2.63. The molecule has 1 aliphatic heterocycles. The summed E-state index contributed by atoms with van der Waals surface area (Å²) in [5.74, 6) is 0.974. The Morgan fingerprint density at radius 2 is 1.72 bits per heavy atom. The van der Waals surface area contributed by atoms with Gasteiger partial charge in [0.25, 0.3) is 0 Å². The lowest BCUT2D eigenvalue weighted by molar-refractivity contribution is 0.556. The largest absolute Gasteiger partial charge is 0.333 e. The van der Waals surface area contributed by atoms with Crippen molar-refractivity contribution in [2.75, 3.05) is 9.80 Å². The molecule has 0 radical (unpaired) electrons. The number of hydrogen-bond acceptors (Lipinski definition) is 3. The van der Waals surface area contributed by atoms with Crippen molar-refractivity contribution in [1.29, 1.82) is 0 Å². The van der Waals surface area contributed by atoms with Gasteiger partial charge in [-0.25, -0.2) is 0 Å². The lowest BCUT2D eigenvalue weighted by atomic mass is 9.77. The lowest BCUT2D eigenvalue weighted by Gasteiger charge is -2.32. The molecule has 0 N–H and O–H groups in total. The summed E-state index contributed by atoms with van der Waals surface area (Å²) in [6.07, 6.45) is 27.1. The Labute approximate surface area is 323 Å². The van der Waals surface area contributed by atoms with Gasteiger partial charge in [0, 0.05) is 72.7 Å². The zero-order chi connectivity index (χ0) is 36.0. The Morgan fingerprint density at radius 1 is 0.870 bits per heavy atom. The molecule has 5 aliphatic carbocycles. The topological polar surface area (TPSA) is 6.48 Å². The summed E-state index contributed by atoms with van der Waals surface area (Å²) in [7, 11) is 0. The number of thiophene rings is 1. The molecule has 3 atom stereocenters.